The van der Waals surface area contributed by atoms with E-state index >= 15 is 0 Å². The van der Waals surface area contributed by atoms with Crippen LogP contribution in [0.1, 0.15) is 68.1 Å². The number of halogens is 1. The molecule has 1 atom stereocenters. The van der Waals surface area contributed by atoms with Crippen molar-refractivity contribution < 1.29 is 9.59 Å². The van der Waals surface area contributed by atoms with Gasteiger partial charge >= 0.3 is 0 Å². The van der Waals surface area contributed by atoms with Crippen molar-refractivity contribution in [3.05, 3.63) is 107 Å². The summed E-state index contributed by atoms with van der Waals surface area (Å²) in [6.45, 7) is 2.11. The van der Waals surface area contributed by atoms with E-state index < -0.39 is 6.04 Å². The van der Waals surface area contributed by atoms with Crippen LogP contribution in [-0.2, 0) is 16.1 Å². The molecule has 1 N–H and O–H groups in total. The number of benzene rings is 3. The summed E-state index contributed by atoms with van der Waals surface area (Å²) in [5.41, 5.74) is 2.99. The molecular formula is C31H35ClN2O2. The molecule has 0 saturated heterocycles. The van der Waals surface area contributed by atoms with Crippen molar-refractivity contribution in [3.8, 4) is 0 Å². The van der Waals surface area contributed by atoms with E-state index in [9.17, 15) is 9.59 Å². The van der Waals surface area contributed by atoms with Crippen LogP contribution in [0.2, 0.25) is 5.02 Å². The molecule has 3 aromatic rings. The maximum absolute atomic E-state index is 14.0. The molecule has 4 nitrogen and oxygen atoms in total. The first-order valence-electron chi connectivity index (χ1n) is 13.0. The molecule has 0 heterocycles. The summed E-state index contributed by atoms with van der Waals surface area (Å²) in [6.07, 6.45) is 5.76. The van der Waals surface area contributed by atoms with Gasteiger partial charge in [0.05, 0.1) is 0 Å². The van der Waals surface area contributed by atoms with E-state index in [4.69, 9.17) is 11.6 Å². The number of rotatable bonds is 9. The molecule has 1 saturated carbocycles. The molecule has 1 aliphatic carbocycles. The highest BCUT2D eigenvalue weighted by Crippen LogP contribution is 2.30. The predicted octanol–water partition coefficient (Wildman–Crippen LogP) is 6.73. The summed E-state index contributed by atoms with van der Waals surface area (Å²) >= 11 is 6.47. The molecule has 0 aliphatic heterocycles. The second-order valence-corrected chi connectivity index (χ2v) is 10.1. The van der Waals surface area contributed by atoms with E-state index in [-0.39, 0.29) is 36.7 Å². The molecule has 36 heavy (non-hydrogen) atoms. The molecule has 0 radical (unpaired) electrons. The fourth-order valence-corrected chi connectivity index (χ4v) is 5.25. The smallest absolute Gasteiger partial charge is 0.242 e. The maximum atomic E-state index is 14.0. The number of carbonyl (C=O) groups is 2. The van der Waals surface area contributed by atoms with Crippen LogP contribution in [0.15, 0.2) is 84.9 Å². The minimum atomic E-state index is -0.608. The fourth-order valence-electron chi connectivity index (χ4n) is 5.05. The topological polar surface area (TPSA) is 49.4 Å². The van der Waals surface area contributed by atoms with E-state index in [1.807, 2.05) is 67.6 Å². The van der Waals surface area contributed by atoms with Crippen LogP contribution in [0, 0.1) is 0 Å². The summed E-state index contributed by atoms with van der Waals surface area (Å²) in [4.78, 5) is 29.0. The van der Waals surface area contributed by atoms with Crippen LogP contribution in [0.25, 0.3) is 0 Å². The second kappa shape index (κ2) is 12.7. The Morgan fingerprint density at radius 1 is 0.861 bits per heavy atom. The Bertz CT molecular complexity index is 1090. The minimum absolute atomic E-state index is 0.0704. The van der Waals surface area contributed by atoms with Gasteiger partial charge in [0.25, 0.3) is 0 Å². The zero-order valence-corrected chi connectivity index (χ0v) is 21.7. The van der Waals surface area contributed by atoms with Crippen LogP contribution >= 0.6 is 11.6 Å². The molecule has 5 heteroatoms. The lowest BCUT2D eigenvalue weighted by molar-refractivity contribution is -0.141. The average molecular weight is 503 g/mol. The summed E-state index contributed by atoms with van der Waals surface area (Å²) in [5.74, 6) is -0.278. The van der Waals surface area contributed by atoms with Crippen molar-refractivity contribution in [2.75, 3.05) is 0 Å². The van der Waals surface area contributed by atoms with E-state index in [0.717, 1.165) is 42.4 Å². The third kappa shape index (κ3) is 6.76. The van der Waals surface area contributed by atoms with Crippen LogP contribution in [0.5, 0.6) is 0 Å². The lowest BCUT2D eigenvalue weighted by Gasteiger charge is -2.32. The van der Waals surface area contributed by atoms with Crippen molar-refractivity contribution in [3.63, 3.8) is 0 Å². The molecule has 3 aromatic carbocycles. The number of nitrogens with one attached hydrogen (secondary N) is 1. The Balaban J connectivity index is 1.60. The second-order valence-electron chi connectivity index (χ2n) is 9.71. The van der Waals surface area contributed by atoms with E-state index in [1.165, 1.54) is 6.42 Å². The number of hydrogen-bond acceptors (Lipinski definition) is 2. The summed E-state index contributed by atoms with van der Waals surface area (Å²) in [7, 11) is 0. The zero-order valence-electron chi connectivity index (χ0n) is 20.9. The van der Waals surface area contributed by atoms with Gasteiger partial charge in [-0.2, -0.15) is 0 Å². The summed E-state index contributed by atoms with van der Waals surface area (Å²) in [5, 5.41) is 3.80. The Kier molecular flexibility index (Phi) is 9.18. The zero-order chi connectivity index (χ0) is 25.3. The van der Waals surface area contributed by atoms with Crippen LogP contribution in [0.4, 0.5) is 0 Å². The maximum Gasteiger partial charge on any atom is 0.242 e. The Hall–Kier alpha value is -3.11. The Morgan fingerprint density at radius 3 is 2.00 bits per heavy atom. The fraction of sp³-hybridized carbons (Fsp3) is 0.355. The normalized spacial score (nSPS) is 14.9. The molecule has 188 valence electrons. The highest BCUT2D eigenvalue weighted by molar-refractivity contribution is 6.31. The summed E-state index contributed by atoms with van der Waals surface area (Å²) < 4.78 is 0. The minimum Gasteiger partial charge on any atom is -0.352 e. The molecule has 1 unspecified atom stereocenters. The van der Waals surface area contributed by atoms with Gasteiger partial charge in [0.1, 0.15) is 6.04 Å². The third-order valence-electron chi connectivity index (χ3n) is 7.20. The molecule has 1 fully saturated rings. The number of nitrogens with zero attached hydrogens (tertiary/aromatic N) is 1. The van der Waals surface area contributed by atoms with Crippen molar-refractivity contribution >= 4 is 23.4 Å². The van der Waals surface area contributed by atoms with E-state index in [0.29, 0.717) is 5.02 Å². The molecule has 4 rings (SSSR count). The van der Waals surface area contributed by atoms with Crippen molar-refractivity contribution in [1.82, 2.24) is 10.2 Å². The highest BCUT2D eigenvalue weighted by Gasteiger charge is 2.30. The van der Waals surface area contributed by atoms with Crippen molar-refractivity contribution in [2.45, 2.75) is 70.0 Å². The first-order chi connectivity index (χ1) is 17.5. The lowest BCUT2D eigenvalue weighted by Crippen LogP contribution is -2.50. The first kappa shape index (κ1) is 26.0. The molecular weight excluding hydrogens is 468 g/mol. The predicted molar refractivity (Wildman–Crippen MR) is 146 cm³/mol. The van der Waals surface area contributed by atoms with Gasteiger partial charge in [-0.1, -0.05) is 110 Å². The van der Waals surface area contributed by atoms with Crippen molar-refractivity contribution in [2.24, 2.45) is 0 Å². The molecule has 0 aromatic heterocycles. The SMILES string of the molecule is CC(C(=O)NC1CCCCC1)N(Cc1ccccc1Cl)C(=O)CC(c1ccccc1)c1ccccc1. The molecule has 1 aliphatic rings. The highest BCUT2D eigenvalue weighted by atomic mass is 35.5. The van der Waals surface area contributed by atoms with Crippen LogP contribution < -0.4 is 5.32 Å². The Morgan fingerprint density at radius 2 is 1.42 bits per heavy atom. The number of hydrogen-bond donors (Lipinski definition) is 1. The monoisotopic (exact) mass is 502 g/mol. The third-order valence-corrected chi connectivity index (χ3v) is 7.57. The van der Waals surface area contributed by atoms with Gasteiger partial charge in [-0.3, -0.25) is 9.59 Å². The van der Waals surface area contributed by atoms with Gasteiger partial charge in [-0.05, 0) is 42.5 Å². The van der Waals surface area contributed by atoms with Gasteiger partial charge < -0.3 is 10.2 Å². The van der Waals surface area contributed by atoms with Crippen molar-refractivity contribution in [1.29, 1.82) is 0 Å². The molecule has 0 bridgehead atoms. The Labute approximate surface area is 219 Å². The largest absolute Gasteiger partial charge is 0.352 e. The lowest BCUT2D eigenvalue weighted by atomic mass is 9.88. The van der Waals surface area contributed by atoms with Crippen LogP contribution in [0.3, 0.4) is 0 Å². The van der Waals surface area contributed by atoms with Gasteiger partial charge in [0.2, 0.25) is 11.8 Å². The number of carbonyl (C=O) groups excluding carboxylic acids is 2. The van der Waals surface area contributed by atoms with Gasteiger partial charge in [-0.25, -0.2) is 0 Å². The first-order valence-corrected chi connectivity index (χ1v) is 13.3. The molecule has 2 amide bonds. The van der Waals surface area contributed by atoms with Gasteiger partial charge in [-0.15, -0.1) is 0 Å². The standard InChI is InChI=1S/C31H35ClN2O2/c1-23(31(36)33-27-18-9-4-10-19-27)34(22-26-17-11-12-20-29(26)32)30(35)21-28(24-13-5-2-6-14-24)25-15-7-3-8-16-25/h2-3,5-8,11-17,20,23,27-28H,4,9-10,18-19,21-22H2,1H3,(H,33,36). The van der Waals surface area contributed by atoms with E-state index in [2.05, 4.69) is 29.6 Å². The summed E-state index contributed by atoms with van der Waals surface area (Å²) in [6, 6.07) is 27.3. The van der Waals surface area contributed by atoms with Gasteiger partial charge in [0, 0.05) is 29.9 Å². The quantitative estimate of drug-likeness (QED) is 0.352. The van der Waals surface area contributed by atoms with Gasteiger partial charge in [0.15, 0.2) is 0 Å². The van der Waals surface area contributed by atoms with Crippen LogP contribution in [-0.4, -0.2) is 28.8 Å². The van der Waals surface area contributed by atoms with E-state index in [1.54, 1.807) is 4.90 Å². The molecule has 0 spiro atoms. The number of amides is 2. The average Bonchev–Trinajstić information content (AvgIpc) is 2.92.